The van der Waals surface area contributed by atoms with Gasteiger partial charge in [0.05, 0.1) is 6.61 Å². The van der Waals surface area contributed by atoms with Crippen LogP contribution in [0.2, 0.25) is 0 Å². The van der Waals surface area contributed by atoms with E-state index in [1.807, 2.05) is 13.8 Å². The molecule has 3 nitrogen and oxygen atoms in total. The predicted molar refractivity (Wildman–Crippen MR) is 62.1 cm³/mol. The molecule has 0 aromatic heterocycles. The average molecular weight is 293 g/mol. The van der Waals surface area contributed by atoms with Gasteiger partial charge in [0.1, 0.15) is 4.90 Å². The molecule has 1 aromatic carbocycles. The molecule has 0 saturated heterocycles. The molecule has 15 heavy (non-hydrogen) atoms. The Balaban J connectivity index is 2.92. The fraction of sp³-hybridized carbons (Fsp3) is 0.400. The molecule has 84 valence electrons. The molecule has 0 amide bonds. The molecule has 0 heterocycles. The lowest BCUT2D eigenvalue weighted by Crippen LogP contribution is -2.11. The Kier molecular flexibility index (Phi) is 4.31. The minimum absolute atomic E-state index is 0.172. The van der Waals surface area contributed by atoms with Gasteiger partial charge in [0.15, 0.2) is 0 Å². The topological polar surface area (TPSA) is 43.4 Å². The van der Waals surface area contributed by atoms with Crippen molar-refractivity contribution in [2.75, 3.05) is 6.61 Å². The van der Waals surface area contributed by atoms with Gasteiger partial charge in [-0.15, -0.1) is 0 Å². The maximum absolute atomic E-state index is 11.7. The zero-order valence-electron chi connectivity index (χ0n) is 8.60. The van der Waals surface area contributed by atoms with Gasteiger partial charge in [0.2, 0.25) is 0 Å². The van der Waals surface area contributed by atoms with E-state index in [0.717, 1.165) is 0 Å². The number of halogens is 1. The van der Waals surface area contributed by atoms with Gasteiger partial charge < -0.3 is 0 Å². The second kappa shape index (κ2) is 5.09. The Morgan fingerprint density at radius 2 is 1.93 bits per heavy atom. The van der Waals surface area contributed by atoms with E-state index < -0.39 is 10.1 Å². The molecule has 0 aliphatic rings. The number of hydrogen-bond acceptors (Lipinski definition) is 3. The summed E-state index contributed by atoms with van der Waals surface area (Å²) in [5.74, 6) is 0.183. The van der Waals surface area contributed by atoms with Gasteiger partial charge in [0, 0.05) is 4.47 Å². The van der Waals surface area contributed by atoms with Crippen molar-refractivity contribution in [1.82, 2.24) is 0 Å². The Hall–Kier alpha value is -0.390. The van der Waals surface area contributed by atoms with E-state index in [2.05, 4.69) is 15.9 Å². The first kappa shape index (κ1) is 12.7. The van der Waals surface area contributed by atoms with E-state index in [1.54, 1.807) is 18.2 Å². The quantitative estimate of drug-likeness (QED) is 0.802. The minimum Gasteiger partial charge on any atom is -0.266 e. The lowest BCUT2D eigenvalue weighted by atomic mass is 10.2. The van der Waals surface area contributed by atoms with Crippen molar-refractivity contribution in [3.05, 3.63) is 28.7 Å². The molecule has 0 saturated carbocycles. The molecule has 5 heteroatoms. The van der Waals surface area contributed by atoms with Gasteiger partial charge in [-0.05, 0) is 34.0 Å². The second-order valence-electron chi connectivity index (χ2n) is 3.56. The summed E-state index contributed by atoms with van der Waals surface area (Å²) < 4.78 is 28.8. The summed E-state index contributed by atoms with van der Waals surface area (Å²) in [7, 11) is -3.63. The highest BCUT2D eigenvalue weighted by Gasteiger charge is 2.18. The first-order valence-electron chi connectivity index (χ1n) is 4.57. The van der Waals surface area contributed by atoms with Crippen LogP contribution in [-0.4, -0.2) is 15.0 Å². The van der Waals surface area contributed by atoms with Crippen LogP contribution in [0.4, 0.5) is 0 Å². The largest absolute Gasteiger partial charge is 0.298 e. The van der Waals surface area contributed by atoms with Gasteiger partial charge in [-0.25, -0.2) is 0 Å². The SMILES string of the molecule is CC(C)COS(=O)(=O)c1ccccc1Br. The highest BCUT2D eigenvalue weighted by molar-refractivity contribution is 9.10. The maximum atomic E-state index is 11.7. The van der Waals surface area contributed by atoms with Crippen LogP contribution in [0, 0.1) is 5.92 Å². The van der Waals surface area contributed by atoms with E-state index in [-0.39, 0.29) is 17.4 Å². The molecule has 0 fully saturated rings. The smallest absolute Gasteiger partial charge is 0.266 e. The molecular weight excluding hydrogens is 280 g/mol. The minimum atomic E-state index is -3.63. The zero-order valence-corrected chi connectivity index (χ0v) is 11.0. The number of rotatable bonds is 4. The standard InChI is InChI=1S/C10H13BrO3S/c1-8(2)7-14-15(12,13)10-6-4-3-5-9(10)11/h3-6,8H,7H2,1-2H3. The van der Waals surface area contributed by atoms with E-state index in [0.29, 0.717) is 4.47 Å². The van der Waals surface area contributed by atoms with Crippen molar-refractivity contribution in [3.8, 4) is 0 Å². The molecule has 1 rings (SSSR count). The fourth-order valence-electron chi connectivity index (χ4n) is 0.937. The molecular formula is C10H13BrO3S. The van der Waals surface area contributed by atoms with Crippen molar-refractivity contribution >= 4 is 26.0 Å². The summed E-state index contributed by atoms with van der Waals surface area (Å²) in [4.78, 5) is 0.172. The van der Waals surface area contributed by atoms with Crippen LogP contribution in [0.15, 0.2) is 33.6 Å². The first-order chi connectivity index (χ1) is 6.93. The van der Waals surface area contributed by atoms with Crippen LogP contribution in [0.3, 0.4) is 0 Å². The Bertz CT molecular complexity index is 426. The van der Waals surface area contributed by atoms with Crippen molar-refractivity contribution in [2.24, 2.45) is 5.92 Å². The normalized spacial score (nSPS) is 12.0. The summed E-state index contributed by atoms with van der Waals surface area (Å²) >= 11 is 3.18. The molecule has 0 spiro atoms. The first-order valence-corrected chi connectivity index (χ1v) is 6.77. The number of hydrogen-bond donors (Lipinski definition) is 0. The summed E-state index contributed by atoms with van der Waals surface area (Å²) in [6.45, 7) is 3.99. The lowest BCUT2D eigenvalue weighted by Gasteiger charge is -2.08. The van der Waals surface area contributed by atoms with Crippen molar-refractivity contribution in [2.45, 2.75) is 18.7 Å². The lowest BCUT2D eigenvalue weighted by molar-refractivity contribution is 0.275. The van der Waals surface area contributed by atoms with Crippen molar-refractivity contribution in [1.29, 1.82) is 0 Å². The maximum Gasteiger partial charge on any atom is 0.298 e. The van der Waals surface area contributed by atoms with E-state index in [1.165, 1.54) is 6.07 Å². The summed E-state index contributed by atoms with van der Waals surface area (Å²) in [6.07, 6.45) is 0. The Labute approximate surface area is 98.7 Å². The molecule has 1 aromatic rings. The third-order valence-electron chi connectivity index (χ3n) is 1.66. The third-order valence-corrected chi connectivity index (χ3v) is 3.96. The molecule has 0 aliphatic carbocycles. The third kappa shape index (κ3) is 3.59. The van der Waals surface area contributed by atoms with Gasteiger partial charge >= 0.3 is 0 Å². The van der Waals surface area contributed by atoms with E-state index in [9.17, 15) is 8.42 Å². The van der Waals surface area contributed by atoms with Crippen LogP contribution in [-0.2, 0) is 14.3 Å². The van der Waals surface area contributed by atoms with E-state index >= 15 is 0 Å². The highest BCUT2D eigenvalue weighted by Crippen LogP contribution is 2.23. The van der Waals surface area contributed by atoms with E-state index in [4.69, 9.17) is 4.18 Å². The van der Waals surface area contributed by atoms with Crippen molar-refractivity contribution < 1.29 is 12.6 Å². The zero-order chi connectivity index (χ0) is 11.5. The Morgan fingerprint density at radius 3 is 2.47 bits per heavy atom. The molecule has 0 radical (unpaired) electrons. The van der Waals surface area contributed by atoms with Crippen LogP contribution in [0.5, 0.6) is 0 Å². The second-order valence-corrected chi connectivity index (χ2v) is 6.00. The van der Waals surface area contributed by atoms with Crippen LogP contribution in [0.25, 0.3) is 0 Å². The molecule has 0 aliphatic heterocycles. The van der Waals surface area contributed by atoms with Gasteiger partial charge in [-0.1, -0.05) is 26.0 Å². The molecule has 0 unspecified atom stereocenters. The summed E-state index contributed by atoms with van der Waals surface area (Å²) in [5.41, 5.74) is 0. The molecule has 0 atom stereocenters. The van der Waals surface area contributed by atoms with Crippen LogP contribution < -0.4 is 0 Å². The van der Waals surface area contributed by atoms with Crippen molar-refractivity contribution in [3.63, 3.8) is 0 Å². The average Bonchev–Trinajstić information content (AvgIpc) is 2.15. The highest BCUT2D eigenvalue weighted by atomic mass is 79.9. The van der Waals surface area contributed by atoms with Gasteiger partial charge in [-0.2, -0.15) is 8.42 Å². The predicted octanol–water partition coefficient (Wildman–Crippen LogP) is 2.81. The molecule has 0 bridgehead atoms. The Morgan fingerprint density at radius 1 is 1.33 bits per heavy atom. The summed E-state index contributed by atoms with van der Waals surface area (Å²) in [6, 6.07) is 6.60. The van der Waals surface area contributed by atoms with Gasteiger partial charge in [-0.3, -0.25) is 4.18 Å². The number of benzene rings is 1. The van der Waals surface area contributed by atoms with Gasteiger partial charge in [0.25, 0.3) is 10.1 Å². The molecule has 0 N–H and O–H groups in total. The monoisotopic (exact) mass is 292 g/mol. The summed E-state index contributed by atoms with van der Waals surface area (Å²) in [5, 5.41) is 0. The van der Waals surface area contributed by atoms with Crippen LogP contribution in [0.1, 0.15) is 13.8 Å². The fourth-order valence-corrected chi connectivity index (χ4v) is 2.95. The van der Waals surface area contributed by atoms with Crippen LogP contribution >= 0.6 is 15.9 Å².